The zero-order valence-electron chi connectivity index (χ0n) is 11.8. The molecule has 3 rings (SSSR count). The normalized spacial score (nSPS) is 10.5. The average Bonchev–Trinajstić information content (AvgIpc) is 2.97. The van der Waals surface area contributed by atoms with Crippen LogP contribution >= 0.6 is 15.9 Å². The van der Waals surface area contributed by atoms with E-state index in [0.29, 0.717) is 11.4 Å². The van der Waals surface area contributed by atoms with Crippen LogP contribution in [0.2, 0.25) is 0 Å². The number of H-pyrrole nitrogens is 1. The van der Waals surface area contributed by atoms with Crippen molar-refractivity contribution < 1.29 is 4.79 Å². The first-order valence-corrected chi connectivity index (χ1v) is 7.48. The van der Waals surface area contributed by atoms with Crippen molar-refractivity contribution >= 4 is 27.8 Å². The fourth-order valence-corrected chi connectivity index (χ4v) is 2.44. The van der Waals surface area contributed by atoms with Crippen molar-refractivity contribution in [1.82, 2.24) is 15.2 Å². The molecule has 22 heavy (non-hydrogen) atoms. The Morgan fingerprint density at radius 1 is 1.14 bits per heavy atom. The summed E-state index contributed by atoms with van der Waals surface area (Å²) in [4.78, 5) is 16.5. The molecule has 6 heteroatoms. The molecule has 0 aliphatic rings. The van der Waals surface area contributed by atoms with Gasteiger partial charge < -0.3 is 0 Å². The van der Waals surface area contributed by atoms with Crippen LogP contribution in [0.5, 0.6) is 0 Å². The third kappa shape index (κ3) is 3.07. The summed E-state index contributed by atoms with van der Waals surface area (Å²) in [6.07, 6.45) is 0. The molecule has 0 unspecified atom stereocenters. The standard InChI is InChI=1S/C16H13BrN4O/c1-10-6-8-11(9-7-10)14-18-16(21-20-14)19-15(22)12-4-2-3-5-13(12)17/h2-9H,1H3,(H2,18,19,20,21,22). The van der Waals surface area contributed by atoms with Gasteiger partial charge in [-0.15, -0.1) is 5.10 Å². The molecule has 2 N–H and O–H groups in total. The van der Waals surface area contributed by atoms with Gasteiger partial charge in [0.1, 0.15) is 0 Å². The number of amides is 1. The lowest BCUT2D eigenvalue weighted by molar-refractivity contribution is 0.102. The number of anilines is 1. The average molecular weight is 357 g/mol. The number of hydrogen-bond acceptors (Lipinski definition) is 3. The summed E-state index contributed by atoms with van der Waals surface area (Å²) in [6.45, 7) is 2.02. The van der Waals surface area contributed by atoms with Crippen LogP contribution < -0.4 is 5.32 Å². The molecule has 0 aliphatic carbocycles. The Kier molecular flexibility index (Phi) is 4.02. The number of aryl methyl sites for hydroxylation is 1. The van der Waals surface area contributed by atoms with Gasteiger partial charge in [0.25, 0.3) is 5.91 Å². The van der Waals surface area contributed by atoms with Crippen molar-refractivity contribution in [2.24, 2.45) is 0 Å². The second-order valence-electron chi connectivity index (χ2n) is 4.81. The van der Waals surface area contributed by atoms with Crippen molar-refractivity contribution in [2.75, 3.05) is 5.32 Å². The van der Waals surface area contributed by atoms with Crippen LogP contribution in [0.15, 0.2) is 53.0 Å². The van der Waals surface area contributed by atoms with E-state index >= 15 is 0 Å². The predicted molar refractivity (Wildman–Crippen MR) is 88.7 cm³/mol. The maximum absolute atomic E-state index is 12.2. The number of nitrogens with one attached hydrogen (secondary N) is 2. The van der Waals surface area contributed by atoms with Crippen molar-refractivity contribution in [3.05, 3.63) is 64.1 Å². The van der Waals surface area contributed by atoms with Gasteiger partial charge in [-0.25, -0.2) is 0 Å². The maximum atomic E-state index is 12.2. The number of nitrogens with zero attached hydrogens (tertiary/aromatic N) is 2. The number of carbonyl (C=O) groups excluding carboxylic acids is 1. The molecule has 110 valence electrons. The molecular weight excluding hydrogens is 344 g/mol. The van der Waals surface area contributed by atoms with E-state index in [2.05, 4.69) is 36.4 Å². The molecule has 0 spiro atoms. The maximum Gasteiger partial charge on any atom is 0.259 e. The Bertz CT molecular complexity index is 811. The van der Waals surface area contributed by atoms with Crippen LogP contribution in [0, 0.1) is 6.92 Å². The molecule has 0 radical (unpaired) electrons. The Morgan fingerprint density at radius 2 is 1.86 bits per heavy atom. The lowest BCUT2D eigenvalue weighted by Gasteiger charge is -2.02. The van der Waals surface area contributed by atoms with E-state index in [0.717, 1.165) is 10.0 Å². The molecule has 3 aromatic rings. The topological polar surface area (TPSA) is 70.7 Å². The molecule has 0 aliphatic heterocycles. The van der Waals surface area contributed by atoms with Crippen LogP contribution in [0.4, 0.5) is 5.95 Å². The summed E-state index contributed by atoms with van der Waals surface area (Å²) in [6, 6.07) is 15.1. The van der Waals surface area contributed by atoms with Crippen molar-refractivity contribution in [3.63, 3.8) is 0 Å². The van der Waals surface area contributed by atoms with Gasteiger partial charge in [-0.1, -0.05) is 42.0 Å². The molecule has 0 atom stereocenters. The zero-order chi connectivity index (χ0) is 15.5. The zero-order valence-corrected chi connectivity index (χ0v) is 13.4. The van der Waals surface area contributed by atoms with Gasteiger partial charge in [-0.05, 0) is 35.0 Å². The Hall–Kier alpha value is -2.47. The van der Waals surface area contributed by atoms with Gasteiger partial charge in [0, 0.05) is 10.0 Å². The number of rotatable bonds is 3. The summed E-state index contributed by atoms with van der Waals surface area (Å²) in [7, 11) is 0. The molecule has 0 saturated carbocycles. The molecule has 0 saturated heterocycles. The van der Waals surface area contributed by atoms with Crippen LogP contribution in [-0.2, 0) is 0 Å². The highest BCUT2D eigenvalue weighted by Crippen LogP contribution is 2.19. The monoisotopic (exact) mass is 356 g/mol. The third-order valence-corrected chi connectivity index (χ3v) is 3.85. The van der Waals surface area contributed by atoms with E-state index < -0.39 is 0 Å². The first kappa shape index (κ1) is 14.5. The second-order valence-corrected chi connectivity index (χ2v) is 5.66. The Balaban J connectivity index is 1.78. The fourth-order valence-electron chi connectivity index (χ4n) is 1.97. The minimum Gasteiger partial charge on any atom is -0.289 e. The van der Waals surface area contributed by atoms with Crippen LogP contribution in [0.25, 0.3) is 11.4 Å². The Labute approximate surface area is 135 Å². The number of hydrogen-bond donors (Lipinski definition) is 2. The molecule has 1 amide bonds. The van der Waals surface area contributed by atoms with Gasteiger partial charge in [0.15, 0.2) is 5.82 Å². The first-order chi connectivity index (χ1) is 10.6. The van der Waals surface area contributed by atoms with Crippen LogP contribution in [0.3, 0.4) is 0 Å². The van der Waals surface area contributed by atoms with Crippen LogP contribution in [-0.4, -0.2) is 21.1 Å². The van der Waals surface area contributed by atoms with Crippen molar-refractivity contribution in [3.8, 4) is 11.4 Å². The van der Waals surface area contributed by atoms with E-state index in [9.17, 15) is 4.79 Å². The van der Waals surface area contributed by atoms with Crippen molar-refractivity contribution in [2.45, 2.75) is 6.92 Å². The number of halogens is 1. The van der Waals surface area contributed by atoms with E-state index in [1.807, 2.05) is 43.3 Å². The van der Waals surface area contributed by atoms with Crippen molar-refractivity contribution in [1.29, 1.82) is 0 Å². The summed E-state index contributed by atoms with van der Waals surface area (Å²) < 4.78 is 0.724. The molecule has 0 fully saturated rings. The summed E-state index contributed by atoms with van der Waals surface area (Å²) in [5, 5.41) is 9.53. The third-order valence-electron chi connectivity index (χ3n) is 3.15. The van der Waals surface area contributed by atoms with Crippen LogP contribution in [0.1, 0.15) is 15.9 Å². The van der Waals surface area contributed by atoms with Gasteiger partial charge in [0.05, 0.1) is 5.56 Å². The highest BCUT2D eigenvalue weighted by molar-refractivity contribution is 9.10. The number of aromatic amines is 1. The van der Waals surface area contributed by atoms with Gasteiger partial charge in [-0.2, -0.15) is 4.98 Å². The highest BCUT2D eigenvalue weighted by atomic mass is 79.9. The molecule has 1 heterocycles. The predicted octanol–water partition coefficient (Wildman–Crippen LogP) is 3.79. The molecule has 1 aromatic heterocycles. The van der Waals surface area contributed by atoms with E-state index in [1.54, 1.807) is 12.1 Å². The second kappa shape index (κ2) is 6.11. The summed E-state index contributed by atoms with van der Waals surface area (Å²) in [5.74, 6) is 0.598. The van der Waals surface area contributed by atoms with E-state index in [-0.39, 0.29) is 11.9 Å². The van der Waals surface area contributed by atoms with Gasteiger partial charge in [-0.3, -0.25) is 15.2 Å². The highest BCUT2D eigenvalue weighted by Gasteiger charge is 2.12. The number of aromatic nitrogens is 3. The summed E-state index contributed by atoms with van der Waals surface area (Å²) in [5.41, 5.74) is 2.62. The lowest BCUT2D eigenvalue weighted by atomic mass is 10.1. The molecular formula is C16H13BrN4O. The molecule has 0 bridgehead atoms. The lowest BCUT2D eigenvalue weighted by Crippen LogP contribution is -2.13. The Morgan fingerprint density at radius 3 is 2.59 bits per heavy atom. The van der Waals surface area contributed by atoms with E-state index in [1.165, 1.54) is 5.56 Å². The van der Waals surface area contributed by atoms with E-state index in [4.69, 9.17) is 0 Å². The quantitative estimate of drug-likeness (QED) is 0.749. The SMILES string of the molecule is Cc1ccc(-c2nc(NC(=O)c3ccccc3Br)n[nH]2)cc1. The summed E-state index contributed by atoms with van der Waals surface area (Å²) >= 11 is 3.35. The first-order valence-electron chi connectivity index (χ1n) is 6.69. The molecule has 2 aromatic carbocycles. The van der Waals surface area contributed by atoms with Gasteiger partial charge in [0.2, 0.25) is 5.95 Å². The minimum atomic E-state index is -0.262. The minimum absolute atomic E-state index is 0.247. The smallest absolute Gasteiger partial charge is 0.259 e. The van der Waals surface area contributed by atoms with Gasteiger partial charge >= 0.3 is 0 Å². The fraction of sp³-hybridized carbons (Fsp3) is 0.0625. The molecule has 5 nitrogen and oxygen atoms in total. The largest absolute Gasteiger partial charge is 0.289 e. The number of carbonyl (C=O) groups is 1. The number of benzene rings is 2.